The Labute approximate surface area is 231 Å². The molecule has 3 aromatic rings. The number of ether oxygens (including phenoxy) is 1. The van der Waals surface area contributed by atoms with Crippen LogP contribution in [0.15, 0.2) is 71.6 Å². The van der Waals surface area contributed by atoms with Crippen LogP contribution in [0.5, 0.6) is 5.75 Å². The van der Waals surface area contributed by atoms with E-state index in [0.717, 1.165) is 48.6 Å². The summed E-state index contributed by atoms with van der Waals surface area (Å²) in [6, 6.07) is 22.3. The van der Waals surface area contributed by atoms with Crippen molar-refractivity contribution < 1.29 is 14.3 Å². The summed E-state index contributed by atoms with van der Waals surface area (Å²) in [5.41, 5.74) is 4.41. The van der Waals surface area contributed by atoms with E-state index in [0.29, 0.717) is 18.1 Å². The number of carbonyl (C=O) groups is 2. The third-order valence-electron chi connectivity index (χ3n) is 5.35. The highest BCUT2D eigenvalue weighted by molar-refractivity contribution is 14.1. The van der Waals surface area contributed by atoms with Crippen molar-refractivity contribution in [1.29, 1.82) is 0 Å². The molecule has 2 amide bonds. The lowest BCUT2D eigenvalue weighted by molar-refractivity contribution is -0.122. The highest BCUT2D eigenvalue weighted by Crippen LogP contribution is 2.35. The minimum Gasteiger partial charge on any atom is -0.487 e. The Kier molecular flexibility index (Phi) is 8.70. The highest BCUT2D eigenvalue weighted by Gasteiger charge is 2.34. The molecule has 0 unspecified atom stereocenters. The maximum atomic E-state index is 12.9. The van der Waals surface area contributed by atoms with Crippen LogP contribution in [0.2, 0.25) is 0 Å². The average molecular weight is 695 g/mol. The number of hydrogen-bond acceptors (Lipinski definition) is 4. The molecule has 0 aromatic heterocycles. The normalized spacial score (nSPS) is 14.8. The number of imide groups is 1. The number of nitrogens with zero attached hydrogens (tertiary/aromatic N) is 1. The van der Waals surface area contributed by atoms with Crippen LogP contribution >= 0.6 is 56.9 Å². The summed E-state index contributed by atoms with van der Waals surface area (Å²) in [5, 5.41) is -0.202. The first-order valence-corrected chi connectivity index (χ1v) is 13.8. The molecule has 0 radical (unpaired) electrons. The molecule has 174 valence electrons. The molecule has 0 spiro atoms. The van der Waals surface area contributed by atoms with Crippen molar-refractivity contribution in [3.8, 4) is 5.75 Å². The minimum atomic E-state index is -0.215. The van der Waals surface area contributed by atoms with Gasteiger partial charge in [0.25, 0.3) is 11.1 Å². The topological polar surface area (TPSA) is 46.6 Å². The SMILES string of the molecule is Cc1cccc(COc2c(I)cc(/C=C3/SC(=O)N(CCCc4ccccc4)C3=O)cc2I)c1. The second-order valence-corrected chi connectivity index (χ2v) is 11.3. The van der Waals surface area contributed by atoms with E-state index < -0.39 is 0 Å². The molecule has 7 heteroatoms. The van der Waals surface area contributed by atoms with Crippen molar-refractivity contribution in [3.63, 3.8) is 0 Å². The molecule has 3 aromatic carbocycles. The Hall–Kier alpha value is -1.85. The monoisotopic (exact) mass is 695 g/mol. The number of benzene rings is 3. The highest BCUT2D eigenvalue weighted by atomic mass is 127. The lowest BCUT2D eigenvalue weighted by Gasteiger charge is -2.13. The predicted molar refractivity (Wildman–Crippen MR) is 155 cm³/mol. The van der Waals surface area contributed by atoms with Gasteiger partial charge in [-0.1, -0.05) is 60.2 Å². The molecule has 1 saturated heterocycles. The smallest absolute Gasteiger partial charge is 0.293 e. The zero-order valence-corrected chi connectivity index (χ0v) is 23.7. The van der Waals surface area contributed by atoms with Crippen LogP contribution in [0.4, 0.5) is 4.79 Å². The van der Waals surface area contributed by atoms with Crippen LogP contribution in [-0.2, 0) is 17.8 Å². The quantitative estimate of drug-likeness (QED) is 0.182. The molecule has 0 atom stereocenters. The minimum absolute atomic E-state index is 0.202. The largest absolute Gasteiger partial charge is 0.487 e. The third kappa shape index (κ3) is 6.42. The van der Waals surface area contributed by atoms with Crippen molar-refractivity contribution >= 4 is 74.2 Å². The Bertz CT molecular complexity index is 1220. The molecule has 0 bridgehead atoms. The fraction of sp³-hybridized carbons (Fsp3) is 0.185. The fourth-order valence-corrected chi connectivity index (χ4v) is 6.68. The Balaban J connectivity index is 1.41. The zero-order chi connectivity index (χ0) is 24.1. The first-order valence-electron chi connectivity index (χ1n) is 10.9. The number of thioether (sulfide) groups is 1. The molecule has 34 heavy (non-hydrogen) atoms. The summed E-state index contributed by atoms with van der Waals surface area (Å²) in [6.45, 7) is 2.99. The number of rotatable bonds is 8. The molecule has 4 rings (SSSR count). The van der Waals surface area contributed by atoms with Gasteiger partial charge in [0, 0.05) is 6.54 Å². The van der Waals surface area contributed by atoms with Crippen LogP contribution in [-0.4, -0.2) is 22.6 Å². The van der Waals surface area contributed by atoms with E-state index in [9.17, 15) is 9.59 Å². The molecule has 0 N–H and O–H groups in total. The summed E-state index contributed by atoms with van der Waals surface area (Å²) >= 11 is 5.52. The summed E-state index contributed by atoms with van der Waals surface area (Å²) in [4.78, 5) is 27.2. The standard InChI is InChI=1S/C27H23I2NO3S/c1-18-7-5-10-20(13-18)17-33-25-22(28)14-21(15-23(25)29)16-24-26(31)30(27(32)34-24)12-6-11-19-8-3-2-4-9-19/h2-5,7-10,13-16H,6,11-12,17H2,1H3/b24-16+. The van der Waals surface area contributed by atoms with E-state index in [1.54, 1.807) is 6.08 Å². The van der Waals surface area contributed by atoms with Gasteiger partial charge in [0.05, 0.1) is 12.0 Å². The van der Waals surface area contributed by atoms with Crippen molar-refractivity contribution in [2.24, 2.45) is 0 Å². The summed E-state index contributed by atoms with van der Waals surface area (Å²) < 4.78 is 8.03. The van der Waals surface area contributed by atoms with Crippen molar-refractivity contribution in [2.45, 2.75) is 26.4 Å². The molecule has 1 aliphatic heterocycles. The van der Waals surface area contributed by atoms with Gasteiger partial charge >= 0.3 is 0 Å². The maximum absolute atomic E-state index is 12.9. The number of carbonyl (C=O) groups excluding carboxylic acids is 2. The van der Waals surface area contributed by atoms with Gasteiger partial charge in [0.2, 0.25) is 0 Å². The molecule has 0 saturated carbocycles. The second kappa shape index (κ2) is 11.7. The van der Waals surface area contributed by atoms with Gasteiger partial charge in [0.1, 0.15) is 12.4 Å². The lowest BCUT2D eigenvalue weighted by Crippen LogP contribution is -2.29. The lowest BCUT2D eigenvalue weighted by atomic mass is 10.1. The number of halogens is 2. The Morgan fingerprint density at radius 2 is 1.65 bits per heavy atom. The Morgan fingerprint density at radius 1 is 0.941 bits per heavy atom. The van der Waals surface area contributed by atoms with Gasteiger partial charge in [-0.25, -0.2) is 0 Å². The summed E-state index contributed by atoms with van der Waals surface area (Å²) in [6.07, 6.45) is 3.39. The van der Waals surface area contributed by atoms with E-state index in [1.165, 1.54) is 16.0 Å². The number of hydrogen-bond donors (Lipinski definition) is 0. The maximum Gasteiger partial charge on any atom is 0.293 e. The molecule has 1 heterocycles. The van der Waals surface area contributed by atoms with Crippen molar-refractivity contribution in [2.75, 3.05) is 6.54 Å². The van der Waals surface area contributed by atoms with Crippen LogP contribution in [0.3, 0.4) is 0 Å². The zero-order valence-electron chi connectivity index (χ0n) is 18.6. The van der Waals surface area contributed by atoms with E-state index in [1.807, 2.05) is 36.4 Å². The van der Waals surface area contributed by atoms with E-state index in [-0.39, 0.29) is 11.1 Å². The average Bonchev–Trinajstić information content (AvgIpc) is 3.06. The molecule has 0 aliphatic carbocycles. The first-order chi connectivity index (χ1) is 16.4. The number of aryl methyl sites for hydroxylation is 2. The third-order valence-corrected chi connectivity index (χ3v) is 7.86. The van der Waals surface area contributed by atoms with E-state index in [2.05, 4.69) is 82.4 Å². The summed E-state index contributed by atoms with van der Waals surface area (Å²) in [5.74, 6) is 0.613. The van der Waals surface area contributed by atoms with Gasteiger partial charge in [-0.15, -0.1) is 0 Å². The molecule has 4 nitrogen and oxygen atoms in total. The van der Waals surface area contributed by atoms with Crippen molar-refractivity contribution in [1.82, 2.24) is 4.90 Å². The van der Waals surface area contributed by atoms with Gasteiger partial charge in [-0.05, 0) is 112 Å². The van der Waals surface area contributed by atoms with E-state index >= 15 is 0 Å². The van der Waals surface area contributed by atoms with Gasteiger partial charge in [-0.2, -0.15) is 0 Å². The predicted octanol–water partition coefficient (Wildman–Crippen LogP) is 7.45. The number of amides is 2. The summed E-state index contributed by atoms with van der Waals surface area (Å²) in [7, 11) is 0. The van der Waals surface area contributed by atoms with E-state index in [4.69, 9.17) is 4.74 Å². The Morgan fingerprint density at radius 3 is 2.35 bits per heavy atom. The van der Waals surface area contributed by atoms with Gasteiger partial charge in [-0.3, -0.25) is 14.5 Å². The molecule has 1 fully saturated rings. The van der Waals surface area contributed by atoms with Gasteiger partial charge in [0.15, 0.2) is 0 Å². The molecule has 1 aliphatic rings. The molecular formula is C27H23I2NO3S. The molecular weight excluding hydrogens is 672 g/mol. The fourth-order valence-electron chi connectivity index (χ4n) is 3.69. The van der Waals surface area contributed by atoms with Crippen LogP contribution in [0.25, 0.3) is 6.08 Å². The second-order valence-electron chi connectivity index (χ2n) is 8.01. The van der Waals surface area contributed by atoms with Crippen LogP contribution in [0, 0.1) is 14.1 Å². The van der Waals surface area contributed by atoms with Crippen LogP contribution in [0.1, 0.15) is 28.7 Å². The van der Waals surface area contributed by atoms with Crippen LogP contribution < -0.4 is 4.74 Å². The van der Waals surface area contributed by atoms with Crippen molar-refractivity contribution in [3.05, 3.63) is 101 Å². The first kappa shape index (κ1) is 25.2. The van der Waals surface area contributed by atoms with Gasteiger partial charge < -0.3 is 4.74 Å².